The summed E-state index contributed by atoms with van der Waals surface area (Å²) in [7, 11) is 0. The first-order chi connectivity index (χ1) is 10.1. The predicted octanol–water partition coefficient (Wildman–Crippen LogP) is 3.16. The molecule has 0 bridgehead atoms. The molecule has 1 aliphatic heterocycles. The van der Waals surface area contributed by atoms with Crippen LogP contribution in [0.3, 0.4) is 0 Å². The quantitative estimate of drug-likeness (QED) is 0.866. The second-order valence-corrected chi connectivity index (χ2v) is 5.24. The SMILES string of the molecule is O=C1C=C(c2ccccc2)C(c2ccc(Cl)cc2)C(=O)N1. The highest BCUT2D eigenvalue weighted by Crippen LogP contribution is 2.34. The number of hydrogen-bond donors (Lipinski definition) is 1. The molecule has 1 aliphatic rings. The Morgan fingerprint density at radius 2 is 1.57 bits per heavy atom. The Labute approximate surface area is 127 Å². The molecule has 0 saturated carbocycles. The van der Waals surface area contributed by atoms with Crippen molar-refractivity contribution in [2.75, 3.05) is 0 Å². The molecule has 0 aromatic heterocycles. The topological polar surface area (TPSA) is 46.2 Å². The van der Waals surface area contributed by atoms with E-state index in [2.05, 4.69) is 5.32 Å². The maximum absolute atomic E-state index is 12.3. The second-order valence-electron chi connectivity index (χ2n) is 4.80. The van der Waals surface area contributed by atoms with Crippen LogP contribution in [-0.2, 0) is 9.59 Å². The molecule has 2 aromatic rings. The molecule has 3 nitrogen and oxygen atoms in total. The molecule has 2 aromatic carbocycles. The highest BCUT2D eigenvalue weighted by Gasteiger charge is 2.31. The molecule has 3 rings (SSSR count). The molecule has 0 fully saturated rings. The van der Waals surface area contributed by atoms with E-state index in [1.54, 1.807) is 24.3 Å². The van der Waals surface area contributed by atoms with Crippen molar-refractivity contribution in [1.29, 1.82) is 0 Å². The standard InChI is InChI=1S/C17H12ClNO2/c18-13-8-6-12(7-9-13)16-14(10-15(20)19-17(16)21)11-4-2-1-3-5-11/h1-10,16H,(H,19,20,21). The van der Waals surface area contributed by atoms with E-state index >= 15 is 0 Å². The number of nitrogens with one attached hydrogen (secondary N) is 1. The normalized spacial score (nSPS) is 18.1. The van der Waals surface area contributed by atoms with Crippen LogP contribution >= 0.6 is 11.6 Å². The fourth-order valence-electron chi connectivity index (χ4n) is 2.46. The summed E-state index contributed by atoms with van der Waals surface area (Å²) in [5.74, 6) is -1.21. The summed E-state index contributed by atoms with van der Waals surface area (Å²) in [5, 5.41) is 2.96. The molecule has 0 saturated heterocycles. The Morgan fingerprint density at radius 3 is 2.24 bits per heavy atom. The van der Waals surface area contributed by atoms with Gasteiger partial charge in [-0.3, -0.25) is 14.9 Å². The molecule has 1 heterocycles. The zero-order valence-electron chi connectivity index (χ0n) is 11.0. The highest BCUT2D eigenvalue weighted by molar-refractivity contribution is 6.30. The van der Waals surface area contributed by atoms with Gasteiger partial charge in [-0.2, -0.15) is 0 Å². The van der Waals surface area contributed by atoms with Gasteiger partial charge in [-0.15, -0.1) is 0 Å². The molecule has 2 amide bonds. The van der Waals surface area contributed by atoms with Gasteiger partial charge in [0, 0.05) is 11.1 Å². The highest BCUT2D eigenvalue weighted by atomic mass is 35.5. The van der Waals surface area contributed by atoms with E-state index in [0.717, 1.165) is 11.1 Å². The maximum atomic E-state index is 12.3. The minimum atomic E-state index is -0.512. The zero-order chi connectivity index (χ0) is 14.8. The van der Waals surface area contributed by atoms with Crippen molar-refractivity contribution in [2.45, 2.75) is 5.92 Å². The van der Waals surface area contributed by atoms with Crippen molar-refractivity contribution < 1.29 is 9.59 Å². The predicted molar refractivity (Wildman–Crippen MR) is 81.8 cm³/mol. The Morgan fingerprint density at radius 1 is 0.905 bits per heavy atom. The number of carbonyl (C=O) groups excluding carboxylic acids is 2. The molecule has 1 unspecified atom stereocenters. The molecule has 0 spiro atoms. The van der Waals surface area contributed by atoms with Gasteiger partial charge in [0.15, 0.2) is 0 Å². The van der Waals surface area contributed by atoms with E-state index in [4.69, 9.17) is 11.6 Å². The molecule has 4 heteroatoms. The minimum Gasteiger partial charge on any atom is -0.292 e. The summed E-state index contributed by atoms with van der Waals surface area (Å²) in [6, 6.07) is 16.5. The first-order valence-corrected chi connectivity index (χ1v) is 6.90. The van der Waals surface area contributed by atoms with E-state index < -0.39 is 5.92 Å². The number of amides is 2. The summed E-state index contributed by atoms with van der Waals surface area (Å²) in [6.45, 7) is 0. The molecular formula is C17H12ClNO2. The lowest BCUT2D eigenvalue weighted by Gasteiger charge is -2.24. The van der Waals surface area contributed by atoms with E-state index in [1.807, 2.05) is 30.3 Å². The molecule has 0 radical (unpaired) electrons. The van der Waals surface area contributed by atoms with Gasteiger partial charge in [0.05, 0.1) is 5.92 Å². The first kappa shape index (κ1) is 13.6. The third-order valence-electron chi connectivity index (χ3n) is 3.42. The molecule has 104 valence electrons. The van der Waals surface area contributed by atoms with Crippen LogP contribution in [0.5, 0.6) is 0 Å². The summed E-state index contributed by atoms with van der Waals surface area (Å²) in [6.07, 6.45) is 1.48. The van der Waals surface area contributed by atoms with Crippen LogP contribution in [0.1, 0.15) is 17.0 Å². The largest absolute Gasteiger partial charge is 0.292 e. The van der Waals surface area contributed by atoms with Crippen molar-refractivity contribution in [3.63, 3.8) is 0 Å². The number of rotatable bonds is 2. The minimum absolute atomic E-state index is 0.316. The summed E-state index contributed by atoms with van der Waals surface area (Å²) >= 11 is 5.89. The van der Waals surface area contributed by atoms with Crippen LogP contribution in [0.4, 0.5) is 0 Å². The summed E-state index contributed by atoms with van der Waals surface area (Å²) in [4.78, 5) is 23.9. The van der Waals surface area contributed by atoms with Crippen LogP contribution in [0.15, 0.2) is 60.7 Å². The lowest BCUT2D eigenvalue weighted by Crippen LogP contribution is -2.38. The third kappa shape index (κ3) is 2.73. The molecule has 21 heavy (non-hydrogen) atoms. The zero-order valence-corrected chi connectivity index (χ0v) is 11.8. The van der Waals surface area contributed by atoms with Crippen molar-refractivity contribution in [1.82, 2.24) is 5.32 Å². The maximum Gasteiger partial charge on any atom is 0.250 e. The van der Waals surface area contributed by atoms with Crippen LogP contribution in [-0.4, -0.2) is 11.8 Å². The summed E-state index contributed by atoms with van der Waals surface area (Å²) < 4.78 is 0. The molecular weight excluding hydrogens is 286 g/mol. The molecule has 1 atom stereocenters. The van der Waals surface area contributed by atoms with Crippen LogP contribution in [0.25, 0.3) is 5.57 Å². The monoisotopic (exact) mass is 297 g/mol. The van der Waals surface area contributed by atoms with Gasteiger partial charge in [-0.1, -0.05) is 54.1 Å². The van der Waals surface area contributed by atoms with E-state index in [-0.39, 0.29) is 11.8 Å². The Kier molecular flexibility index (Phi) is 3.59. The average molecular weight is 298 g/mol. The van der Waals surface area contributed by atoms with Crippen molar-refractivity contribution in [3.8, 4) is 0 Å². The number of carbonyl (C=O) groups is 2. The molecule has 0 aliphatic carbocycles. The smallest absolute Gasteiger partial charge is 0.250 e. The van der Waals surface area contributed by atoms with Crippen LogP contribution in [0, 0.1) is 0 Å². The van der Waals surface area contributed by atoms with Crippen molar-refractivity contribution in [2.24, 2.45) is 0 Å². The van der Waals surface area contributed by atoms with Crippen molar-refractivity contribution >= 4 is 29.0 Å². The summed E-state index contributed by atoms with van der Waals surface area (Å²) in [5.41, 5.74) is 2.37. The number of hydrogen-bond acceptors (Lipinski definition) is 2. The van der Waals surface area contributed by atoms with Gasteiger partial charge in [0.1, 0.15) is 0 Å². The van der Waals surface area contributed by atoms with Gasteiger partial charge < -0.3 is 0 Å². The number of halogens is 1. The Hall–Kier alpha value is -2.39. The van der Waals surface area contributed by atoms with E-state index in [1.165, 1.54) is 6.08 Å². The van der Waals surface area contributed by atoms with Crippen molar-refractivity contribution in [3.05, 3.63) is 76.8 Å². The lowest BCUT2D eigenvalue weighted by molar-refractivity contribution is -0.128. The third-order valence-corrected chi connectivity index (χ3v) is 3.67. The average Bonchev–Trinajstić information content (AvgIpc) is 2.49. The fourth-order valence-corrected chi connectivity index (χ4v) is 2.59. The Bertz CT molecular complexity index is 720. The van der Waals surface area contributed by atoms with E-state index in [0.29, 0.717) is 10.6 Å². The van der Waals surface area contributed by atoms with Gasteiger partial charge >= 0.3 is 0 Å². The fraction of sp³-hybridized carbons (Fsp3) is 0.0588. The Balaban J connectivity index is 2.11. The first-order valence-electron chi connectivity index (χ1n) is 6.52. The van der Waals surface area contributed by atoms with E-state index in [9.17, 15) is 9.59 Å². The van der Waals surface area contributed by atoms with Gasteiger partial charge in [0.2, 0.25) is 5.91 Å². The lowest BCUT2D eigenvalue weighted by atomic mass is 9.84. The van der Waals surface area contributed by atoms with Crippen LogP contribution < -0.4 is 5.32 Å². The van der Waals surface area contributed by atoms with Gasteiger partial charge in [-0.25, -0.2) is 0 Å². The van der Waals surface area contributed by atoms with Gasteiger partial charge in [0.25, 0.3) is 5.91 Å². The second kappa shape index (κ2) is 5.54. The number of imide groups is 1. The van der Waals surface area contributed by atoms with Crippen LogP contribution in [0.2, 0.25) is 5.02 Å². The molecule has 1 N–H and O–H groups in total. The number of benzene rings is 2. The van der Waals surface area contributed by atoms with Gasteiger partial charge in [-0.05, 0) is 28.8 Å².